The van der Waals surface area contributed by atoms with E-state index in [0.717, 1.165) is 28.5 Å². The number of aromatic nitrogens is 2. The number of pyridine rings is 1. The number of nitrogens with one attached hydrogen (secondary N) is 1. The van der Waals surface area contributed by atoms with Crippen LogP contribution in [0, 0.1) is 0 Å². The van der Waals surface area contributed by atoms with Crippen molar-refractivity contribution in [3.05, 3.63) is 52.0 Å². The highest BCUT2D eigenvalue weighted by Crippen LogP contribution is 2.24. The van der Waals surface area contributed by atoms with Crippen LogP contribution in [0.5, 0.6) is 0 Å². The van der Waals surface area contributed by atoms with Crippen molar-refractivity contribution in [1.82, 2.24) is 19.6 Å². The molecule has 0 atom stereocenters. The number of carbonyl (C=O) groups excluding carboxylic acids is 2. The lowest BCUT2D eigenvalue weighted by Gasteiger charge is -2.24. The Labute approximate surface area is 175 Å². The maximum absolute atomic E-state index is 12.7. The van der Waals surface area contributed by atoms with E-state index in [1.807, 2.05) is 52.9 Å². The zero-order valence-electron chi connectivity index (χ0n) is 17.3. The number of thiophene rings is 1. The molecule has 0 aliphatic carbocycles. The summed E-state index contributed by atoms with van der Waals surface area (Å²) in [7, 11) is 3.50. The molecule has 0 aliphatic heterocycles. The Bertz CT molecular complexity index is 994. The van der Waals surface area contributed by atoms with E-state index in [9.17, 15) is 9.59 Å². The van der Waals surface area contributed by atoms with Crippen molar-refractivity contribution in [2.75, 3.05) is 32.1 Å². The van der Waals surface area contributed by atoms with E-state index in [4.69, 9.17) is 4.98 Å². The van der Waals surface area contributed by atoms with E-state index in [2.05, 4.69) is 5.32 Å². The lowest BCUT2D eigenvalue weighted by Crippen LogP contribution is -2.37. The van der Waals surface area contributed by atoms with E-state index in [0.29, 0.717) is 18.7 Å². The molecule has 0 saturated carbocycles. The van der Waals surface area contributed by atoms with Crippen molar-refractivity contribution < 1.29 is 9.59 Å². The zero-order chi connectivity index (χ0) is 21.0. The molecule has 8 heteroatoms. The molecular formula is C21H27N5O2S. The molecule has 3 rings (SSSR count). The smallest absolute Gasteiger partial charge is 0.253 e. The molecule has 7 nitrogen and oxygen atoms in total. The second-order valence-corrected chi connectivity index (χ2v) is 7.98. The second kappa shape index (κ2) is 9.09. The van der Waals surface area contributed by atoms with Gasteiger partial charge in [-0.2, -0.15) is 0 Å². The van der Waals surface area contributed by atoms with Crippen LogP contribution in [0.4, 0.5) is 5.82 Å². The molecule has 1 N–H and O–H groups in total. The van der Waals surface area contributed by atoms with E-state index in [-0.39, 0.29) is 18.4 Å². The summed E-state index contributed by atoms with van der Waals surface area (Å²) >= 11 is 1.61. The second-order valence-electron chi connectivity index (χ2n) is 6.95. The van der Waals surface area contributed by atoms with Gasteiger partial charge in [0.2, 0.25) is 5.91 Å². The first-order valence-electron chi connectivity index (χ1n) is 9.71. The van der Waals surface area contributed by atoms with Gasteiger partial charge in [0.05, 0.1) is 24.3 Å². The third-order valence-corrected chi connectivity index (χ3v) is 5.65. The molecule has 3 aromatic rings. The predicted molar refractivity (Wildman–Crippen MR) is 117 cm³/mol. The van der Waals surface area contributed by atoms with Crippen LogP contribution in [0.2, 0.25) is 0 Å². The first-order valence-corrected chi connectivity index (χ1v) is 10.6. The van der Waals surface area contributed by atoms with Crippen LogP contribution in [0.1, 0.15) is 34.8 Å². The Hall–Kier alpha value is -2.87. The predicted octanol–water partition coefficient (Wildman–Crippen LogP) is 2.80. The standard InChI is InChI=1S/C21H27N5O2S/c1-5-17-21(25(6-2)14-19(27)24(3)4)26-13-15(9-10-18(26)23-17)20(28)22-12-16-8-7-11-29-16/h7-11,13H,5-6,12,14H2,1-4H3,(H,22,28). The van der Waals surface area contributed by atoms with E-state index in [1.165, 1.54) is 0 Å². The Morgan fingerprint density at radius 3 is 2.62 bits per heavy atom. The number of aryl methyl sites for hydroxylation is 1. The molecule has 0 unspecified atom stereocenters. The number of hydrogen-bond donors (Lipinski definition) is 1. The first kappa shape index (κ1) is 20.9. The summed E-state index contributed by atoms with van der Waals surface area (Å²) in [5, 5.41) is 4.95. The van der Waals surface area contributed by atoms with Crippen LogP contribution in [-0.2, 0) is 17.8 Å². The zero-order valence-corrected chi connectivity index (χ0v) is 18.1. The lowest BCUT2D eigenvalue weighted by atomic mass is 10.2. The number of imidazole rings is 1. The topological polar surface area (TPSA) is 70.0 Å². The number of fused-ring (bicyclic) bond motifs is 1. The molecule has 0 aromatic carbocycles. The van der Waals surface area contributed by atoms with Gasteiger partial charge in [0.25, 0.3) is 5.91 Å². The summed E-state index contributed by atoms with van der Waals surface area (Å²) in [5.41, 5.74) is 2.24. The minimum absolute atomic E-state index is 0.0219. The van der Waals surface area contributed by atoms with E-state index < -0.39 is 0 Å². The van der Waals surface area contributed by atoms with Gasteiger partial charge in [-0.3, -0.25) is 14.0 Å². The molecule has 0 saturated heterocycles. The molecule has 0 spiro atoms. The van der Waals surface area contributed by atoms with Gasteiger partial charge in [-0.05, 0) is 36.9 Å². The fourth-order valence-electron chi connectivity index (χ4n) is 3.11. The highest BCUT2D eigenvalue weighted by atomic mass is 32.1. The third kappa shape index (κ3) is 4.59. The number of amides is 2. The number of carbonyl (C=O) groups is 2. The molecule has 2 amide bonds. The molecule has 0 aliphatic rings. The maximum Gasteiger partial charge on any atom is 0.253 e. The fourth-order valence-corrected chi connectivity index (χ4v) is 3.76. The van der Waals surface area contributed by atoms with Crippen molar-refractivity contribution in [3.8, 4) is 0 Å². The van der Waals surface area contributed by atoms with Crippen molar-refractivity contribution in [3.63, 3.8) is 0 Å². The SMILES string of the molecule is CCc1nc2ccc(C(=O)NCc3cccs3)cn2c1N(CC)CC(=O)N(C)C. The van der Waals surface area contributed by atoms with Gasteiger partial charge in [-0.25, -0.2) is 4.98 Å². The van der Waals surface area contributed by atoms with Crippen molar-refractivity contribution in [2.24, 2.45) is 0 Å². The Morgan fingerprint density at radius 1 is 1.21 bits per heavy atom. The van der Waals surface area contributed by atoms with Crippen molar-refractivity contribution in [1.29, 1.82) is 0 Å². The molecule has 0 radical (unpaired) electrons. The summed E-state index contributed by atoms with van der Waals surface area (Å²) in [6.45, 7) is 5.49. The van der Waals surface area contributed by atoms with Gasteiger partial charge in [0.15, 0.2) is 0 Å². The molecule has 0 fully saturated rings. The first-order chi connectivity index (χ1) is 13.9. The minimum Gasteiger partial charge on any atom is -0.347 e. The van der Waals surface area contributed by atoms with Crippen LogP contribution in [0.15, 0.2) is 35.8 Å². The van der Waals surface area contributed by atoms with Gasteiger partial charge in [0.1, 0.15) is 11.5 Å². The molecule has 0 bridgehead atoms. The number of likely N-dealkylation sites (N-methyl/N-ethyl adjacent to an activating group) is 2. The highest BCUT2D eigenvalue weighted by Gasteiger charge is 2.20. The van der Waals surface area contributed by atoms with Gasteiger partial charge >= 0.3 is 0 Å². The Kier molecular flexibility index (Phi) is 6.53. The molecular weight excluding hydrogens is 386 g/mol. The highest BCUT2D eigenvalue weighted by molar-refractivity contribution is 7.09. The molecule has 3 aromatic heterocycles. The molecule has 3 heterocycles. The van der Waals surface area contributed by atoms with Crippen LogP contribution in [0.25, 0.3) is 5.65 Å². The molecule has 154 valence electrons. The number of anilines is 1. The lowest BCUT2D eigenvalue weighted by molar-refractivity contribution is -0.127. The van der Waals surface area contributed by atoms with Gasteiger partial charge < -0.3 is 15.1 Å². The minimum atomic E-state index is -0.134. The number of rotatable bonds is 8. The van der Waals surface area contributed by atoms with Crippen LogP contribution in [0.3, 0.4) is 0 Å². The van der Waals surface area contributed by atoms with Crippen LogP contribution < -0.4 is 10.2 Å². The number of nitrogens with zero attached hydrogens (tertiary/aromatic N) is 4. The van der Waals surface area contributed by atoms with Gasteiger partial charge in [-0.15, -0.1) is 11.3 Å². The number of hydrogen-bond acceptors (Lipinski definition) is 5. The Balaban J connectivity index is 1.92. The average molecular weight is 414 g/mol. The van der Waals surface area contributed by atoms with Crippen molar-refractivity contribution >= 4 is 34.6 Å². The van der Waals surface area contributed by atoms with Gasteiger partial charge in [-0.1, -0.05) is 13.0 Å². The van der Waals surface area contributed by atoms with Gasteiger partial charge in [0, 0.05) is 31.7 Å². The average Bonchev–Trinajstić information content (AvgIpc) is 3.36. The fraction of sp³-hybridized carbons (Fsp3) is 0.381. The maximum atomic E-state index is 12.7. The summed E-state index contributed by atoms with van der Waals surface area (Å²) in [6, 6.07) is 7.61. The summed E-state index contributed by atoms with van der Waals surface area (Å²) in [6.07, 6.45) is 2.55. The largest absolute Gasteiger partial charge is 0.347 e. The summed E-state index contributed by atoms with van der Waals surface area (Å²) in [4.78, 5) is 34.4. The summed E-state index contributed by atoms with van der Waals surface area (Å²) < 4.78 is 1.92. The summed E-state index contributed by atoms with van der Waals surface area (Å²) in [5.74, 6) is 0.757. The quantitative estimate of drug-likeness (QED) is 0.617. The van der Waals surface area contributed by atoms with Crippen LogP contribution >= 0.6 is 11.3 Å². The Morgan fingerprint density at radius 2 is 2.00 bits per heavy atom. The van der Waals surface area contributed by atoms with E-state index >= 15 is 0 Å². The van der Waals surface area contributed by atoms with E-state index in [1.54, 1.807) is 36.4 Å². The van der Waals surface area contributed by atoms with Crippen LogP contribution in [-0.4, -0.2) is 53.3 Å². The van der Waals surface area contributed by atoms with Crippen molar-refractivity contribution in [2.45, 2.75) is 26.8 Å². The molecule has 29 heavy (non-hydrogen) atoms. The monoisotopic (exact) mass is 413 g/mol. The third-order valence-electron chi connectivity index (χ3n) is 4.77. The normalized spacial score (nSPS) is 10.9.